The van der Waals surface area contributed by atoms with Crippen LogP contribution in [-0.4, -0.2) is 16.9 Å². The van der Waals surface area contributed by atoms with Crippen LogP contribution in [0.2, 0.25) is 0 Å². The number of aromatic nitrogens is 1. The van der Waals surface area contributed by atoms with Gasteiger partial charge in [0.2, 0.25) is 0 Å². The zero-order chi connectivity index (χ0) is 13.1. The number of carbonyl (C=O) groups excluding carboxylic acids is 1. The quantitative estimate of drug-likeness (QED) is 0.860. The van der Waals surface area contributed by atoms with Crippen molar-refractivity contribution in [2.75, 3.05) is 5.73 Å². The predicted octanol–water partition coefficient (Wildman–Crippen LogP) is 2.22. The van der Waals surface area contributed by atoms with Gasteiger partial charge in [0.1, 0.15) is 0 Å². The second-order valence-corrected chi connectivity index (χ2v) is 5.15. The molecule has 3 N–H and O–H groups in total. The number of pyridine rings is 1. The Morgan fingerprint density at radius 1 is 1.56 bits per heavy atom. The third-order valence-corrected chi connectivity index (χ3v) is 4.17. The summed E-state index contributed by atoms with van der Waals surface area (Å²) in [5.74, 6) is 1.16. The van der Waals surface area contributed by atoms with Gasteiger partial charge in [0.15, 0.2) is 0 Å². The molecule has 1 aromatic rings. The average molecular weight is 247 g/mol. The second-order valence-electron chi connectivity index (χ2n) is 5.15. The summed E-state index contributed by atoms with van der Waals surface area (Å²) in [4.78, 5) is 16.1. The molecule has 0 saturated heterocycles. The van der Waals surface area contributed by atoms with Crippen molar-refractivity contribution in [3.63, 3.8) is 0 Å². The van der Waals surface area contributed by atoms with Crippen molar-refractivity contribution in [1.82, 2.24) is 10.3 Å². The van der Waals surface area contributed by atoms with E-state index in [4.69, 9.17) is 5.73 Å². The maximum atomic E-state index is 12.1. The fraction of sp³-hybridized carbons (Fsp3) is 0.571. The first-order valence-electron chi connectivity index (χ1n) is 6.63. The van der Waals surface area contributed by atoms with E-state index in [1.54, 1.807) is 12.3 Å². The van der Waals surface area contributed by atoms with Crippen molar-refractivity contribution >= 4 is 11.6 Å². The predicted molar refractivity (Wildman–Crippen MR) is 72.1 cm³/mol. The van der Waals surface area contributed by atoms with Crippen molar-refractivity contribution in [2.45, 2.75) is 39.2 Å². The number of hydrogen-bond acceptors (Lipinski definition) is 3. The fourth-order valence-electron chi connectivity index (χ4n) is 2.87. The Kier molecular flexibility index (Phi) is 3.84. The Morgan fingerprint density at radius 2 is 2.33 bits per heavy atom. The number of anilines is 1. The number of nitrogens with one attached hydrogen (secondary N) is 1. The summed E-state index contributed by atoms with van der Waals surface area (Å²) in [6.07, 6.45) is 6.57. The van der Waals surface area contributed by atoms with E-state index in [0.29, 0.717) is 17.2 Å². The number of rotatable bonds is 3. The van der Waals surface area contributed by atoms with E-state index in [-0.39, 0.29) is 11.9 Å². The van der Waals surface area contributed by atoms with E-state index in [0.717, 1.165) is 12.3 Å². The minimum Gasteiger partial charge on any atom is -0.398 e. The molecule has 0 spiro atoms. The molecule has 3 unspecified atom stereocenters. The Hall–Kier alpha value is -1.58. The highest BCUT2D eigenvalue weighted by Gasteiger charge is 2.32. The van der Waals surface area contributed by atoms with Crippen molar-refractivity contribution in [3.05, 3.63) is 24.0 Å². The van der Waals surface area contributed by atoms with Crippen LogP contribution in [0.15, 0.2) is 18.5 Å². The van der Waals surface area contributed by atoms with Gasteiger partial charge in [0.05, 0.1) is 5.56 Å². The third kappa shape index (κ3) is 2.47. The zero-order valence-electron chi connectivity index (χ0n) is 11.0. The molecule has 1 aliphatic rings. The van der Waals surface area contributed by atoms with Gasteiger partial charge in [0, 0.05) is 24.1 Å². The number of nitrogen functional groups attached to an aromatic ring is 1. The van der Waals surface area contributed by atoms with Crippen LogP contribution in [0.5, 0.6) is 0 Å². The highest BCUT2D eigenvalue weighted by Crippen LogP contribution is 2.34. The van der Waals surface area contributed by atoms with E-state index in [9.17, 15) is 4.79 Å². The molecule has 0 aliphatic heterocycles. The molecule has 1 aromatic heterocycles. The Balaban J connectivity index is 2.03. The molecule has 4 heteroatoms. The smallest absolute Gasteiger partial charge is 0.255 e. The number of nitrogens with two attached hydrogens (primary N) is 1. The van der Waals surface area contributed by atoms with E-state index in [1.807, 2.05) is 0 Å². The topological polar surface area (TPSA) is 68.0 Å². The summed E-state index contributed by atoms with van der Waals surface area (Å²) < 4.78 is 0. The minimum atomic E-state index is -0.103. The van der Waals surface area contributed by atoms with E-state index in [2.05, 4.69) is 24.1 Å². The highest BCUT2D eigenvalue weighted by atomic mass is 16.1. The first kappa shape index (κ1) is 12.9. The van der Waals surface area contributed by atoms with E-state index >= 15 is 0 Å². The molecular formula is C14H21N3O. The molecule has 0 bridgehead atoms. The second kappa shape index (κ2) is 5.38. The summed E-state index contributed by atoms with van der Waals surface area (Å²) in [6, 6.07) is 1.92. The lowest BCUT2D eigenvalue weighted by Gasteiger charge is -2.21. The summed E-state index contributed by atoms with van der Waals surface area (Å²) in [7, 11) is 0. The largest absolute Gasteiger partial charge is 0.398 e. The average Bonchev–Trinajstić information content (AvgIpc) is 2.71. The maximum Gasteiger partial charge on any atom is 0.255 e. The van der Waals surface area contributed by atoms with Crippen LogP contribution in [0, 0.1) is 11.8 Å². The van der Waals surface area contributed by atoms with Gasteiger partial charge in [0.25, 0.3) is 5.91 Å². The molecular weight excluding hydrogens is 226 g/mol. The maximum absolute atomic E-state index is 12.1. The molecule has 1 amide bonds. The van der Waals surface area contributed by atoms with Gasteiger partial charge in [-0.15, -0.1) is 0 Å². The summed E-state index contributed by atoms with van der Waals surface area (Å²) in [5, 5.41) is 3.09. The molecule has 1 saturated carbocycles. The standard InChI is InChI=1S/C14H21N3O/c1-3-10-4-5-13(9(10)2)17-14(18)11-8-16-7-6-12(11)15/h6-10,13H,3-5H2,1-2H3,(H2,15,16)(H,17,18). The van der Waals surface area contributed by atoms with Crippen LogP contribution in [0.4, 0.5) is 5.69 Å². The first-order valence-corrected chi connectivity index (χ1v) is 6.63. The molecule has 18 heavy (non-hydrogen) atoms. The molecule has 3 atom stereocenters. The van der Waals surface area contributed by atoms with Crippen molar-refractivity contribution in [1.29, 1.82) is 0 Å². The van der Waals surface area contributed by atoms with Crippen LogP contribution < -0.4 is 11.1 Å². The lowest BCUT2D eigenvalue weighted by Crippen LogP contribution is -2.37. The summed E-state index contributed by atoms with van der Waals surface area (Å²) in [5.41, 5.74) is 6.75. The molecule has 98 valence electrons. The third-order valence-electron chi connectivity index (χ3n) is 4.17. The van der Waals surface area contributed by atoms with Crippen LogP contribution >= 0.6 is 0 Å². The van der Waals surface area contributed by atoms with Crippen molar-refractivity contribution < 1.29 is 4.79 Å². The molecule has 1 fully saturated rings. The number of hydrogen-bond donors (Lipinski definition) is 2. The minimum absolute atomic E-state index is 0.103. The lowest BCUT2D eigenvalue weighted by molar-refractivity contribution is 0.0927. The van der Waals surface area contributed by atoms with Gasteiger partial charge < -0.3 is 11.1 Å². The van der Waals surface area contributed by atoms with Gasteiger partial charge in [-0.3, -0.25) is 9.78 Å². The van der Waals surface area contributed by atoms with Gasteiger partial charge in [-0.25, -0.2) is 0 Å². The summed E-state index contributed by atoms with van der Waals surface area (Å²) in [6.45, 7) is 4.43. The molecule has 4 nitrogen and oxygen atoms in total. The summed E-state index contributed by atoms with van der Waals surface area (Å²) >= 11 is 0. The van der Waals surface area contributed by atoms with Gasteiger partial charge >= 0.3 is 0 Å². The Bertz CT molecular complexity index is 433. The van der Waals surface area contributed by atoms with Gasteiger partial charge in [-0.1, -0.05) is 20.3 Å². The molecule has 1 aliphatic carbocycles. The number of carbonyl (C=O) groups is 1. The normalized spacial score (nSPS) is 27.1. The van der Waals surface area contributed by atoms with Crippen molar-refractivity contribution in [2.24, 2.45) is 11.8 Å². The SMILES string of the molecule is CCC1CCC(NC(=O)c2cnccc2N)C1C. The highest BCUT2D eigenvalue weighted by molar-refractivity contribution is 5.98. The fourth-order valence-corrected chi connectivity index (χ4v) is 2.87. The van der Waals surface area contributed by atoms with Crippen LogP contribution in [-0.2, 0) is 0 Å². The molecule has 1 heterocycles. The lowest BCUT2D eigenvalue weighted by atomic mass is 9.93. The van der Waals surface area contributed by atoms with Gasteiger partial charge in [-0.2, -0.15) is 0 Å². The van der Waals surface area contributed by atoms with Gasteiger partial charge in [-0.05, 0) is 30.7 Å². The van der Waals surface area contributed by atoms with Crippen LogP contribution in [0.1, 0.15) is 43.5 Å². The van der Waals surface area contributed by atoms with Crippen molar-refractivity contribution in [3.8, 4) is 0 Å². The monoisotopic (exact) mass is 247 g/mol. The van der Waals surface area contributed by atoms with Crippen LogP contribution in [0.3, 0.4) is 0 Å². The van der Waals surface area contributed by atoms with E-state index < -0.39 is 0 Å². The Labute approximate surface area is 108 Å². The number of nitrogens with zero attached hydrogens (tertiary/aromatic N) is 1. The molecule has 2 rings (SSSR count). The number of amides is 1. The van der Waals surface area contributed by atoms with E-state index in [1.165, 1.54) is 19.0 Å². The molecule has 0 radical (unpaired) electrons. The Morgan fingerprint density at radius 3 is 2.94 bits per heavy atom. The van der Waals surface area contributed by atoms with Crippen LogP contribution in [0.25, 0.3) is 0 Å². The molecule has 0 aromatic carbocycles. The zero-order valence-corrected chi connectivity index (χ0v) is 11.0. The first-order chi connectivity index (χ1) is 8.63.